The van der Waals surface area contributed by atoms with Crippen LogP contribution in [0, 0.1) is 0 Å². The first-order chi connectivity index (χ1) is 10.7. The topological polar surface area (TPSA) is 75.8 Å². The molecule has 128 valence electrons. The van der Waals surface area contributed by atoms with Gasteiger partial charge in [-0.15, -0.1) is 0 Å². The fourth-order valence-electron chi connectivity index (χ4n) is 3.20. The number of nitrogens with two attached hydrogens (primary N) is 1. The van der Waals surface area contributed by atoms with Gasteiger partial charge in [0.25, 0.3) is 0 Å². The molecule has 1 aliphatic carbocycles. The van der Waals surface area contributed by atoms with Crippen molar-refractivity contribution in [2.75, 3.05) is 5.73 Å². The van der Waals surface area contributed by atoms with E-state index >= 15 is 0 Å². The van der Waals surface area contributed by atoms with E-state index in [0.717, 1.165) is 25.7 Å². The van der Waals surface area contributed by atoms with Crippen molar-refractivity contribution in [2.24, 2.45) is 0 Å². The summed E-state index contributed by atoms with van der Waals surface area (Å²) in [5, 5.41) is 10.00. The number of benzene rings is 1. The molecule has 0 aromatic heterocycles. The summed E-state index contributed by atoms with van der Waals surface area (Å²) >= 11 is 6.14. The zero-order valence-corrected chi connectivity index (χ0v) is 14.6. The molecule has 6 heteroatoms. The van der Waals surface area contributed by atoms with Gasteiger partial charge in [-0.2, -0.15) is 0 Å². The molecular formula is C17H25ClN2O3. The quantitative estimate of drug-likeness (QED) is 0.800. The van der Waals surface area contributed by atoms with Crippen LogP contribution in [0.5, 0.6) is 5.75 Å². The average molecular weight is 341 g/mol. The van der Waals surface area contributed by atoms with Gasteiger partial charge < -0.3 is 20.5 Å². The Labute approximate surface area is 142 Å². The Hall–Kier alpha value is -1.62. The van der Waals surface area contributed by atoms with Gasteiger partial charge in [0.2, 0.25) is 0 Å². The molecule has 0 saturated heterocycles. The van der Waals surface area contributed by atoms with E-state index in [1.165, 1.54) is 0 Å². The van der Waals surface area contributed by atoms with E-state index in [0.29, 0.717) is 16.5 Å². The molecule has 1 aromatic rings. The molecule has 0 atom stereocenters. The molecule has 0 heterocycles. The van der Waals surface area contributed by atoms with Crippen LogP contribution in [0.25, 0.3) is 0 Å². The van der Waals surface area contributed by atoms with Crippen molar-refractivity contribution in [3.05, 3.63) is 23.2 Å². The number of carboxylic acid groups (broad SMARTS) is 1. The van der Waals surface area contributed by atoms with Crippen LogP contribution in [-0.2, 0) is 0 Å². The first-order valence-corrected chi connectivity index (χ1v) is 8.30. The van der Waals surface area contributed by atoms with Gasteiger partial charge in [-0.3, -0.25) is 0 Å². The van der Waals surface area contributed by atoms with Crippen LogP contribution in [0.2, 0.25) is 5.02 Å². The number of rotatable bonds is 3. The molecule has 1 aliphatic rings. The Morgan fingerprint density at radius 3 is 2.39 bits per heavy atom. The van der Waals surface area contributed by atoms with Crippen LogP contribution in [0.1, 0.15) is 46.5 Å². The van der Waals surface area contributed by atoms with Crippen molar-refractivity contribution >= 4 is 23.4 Å². The fraction of sp³-hybridized carbons (Fsp3) is 0.588. The molecule has 1 saturated carbocycles. The number of anilines is 1. The second-order valence-electron chi connectivity index (χ2n) is 7.06. The average Bonchev–Trinajstić information content (AvgIpc) is 2.42. The molecule has 2 rings (SSSR count). The molecule has 0 bridgehead atoms. The van der Waals surface area contributed by atoms with Crippen molar-refractivity contribution in [1.29, 1.82) is 0 Å². The Kier molecular flexibility index (Phi) is 5.30. The maximum absolute atomic E-state index is 11.6. The van der Waals surface area contributed by atoms with Gasteiger partial charge in [0.15, 0.2) is 0 Å². The maximum atomic E-state index is 11.6. The van der Waals surface area contributed by atoms with Gasteiger partial charge in [-0.1, -0.05) is 11.6 Å². The number of amides is 1. The lowest BCUT2D eigenvalue weighted by molar-refractivity contribution is 0.0368. The predicted octanol–water partition coefficient (Wildman–Crippen LogP) is 4.39. The highest BCUT2D eigenvalue weighted by Gasteiger charge is 2.36. The summed E-state index contributed by atoms with van der Waals surface area (Å²) < 4.78 is 5.96. The highest BCUT2D eigenvalue weighted by atomic mass is 35.5. The highest BCUT2D eigenvalue weighted by molar-refractivity contribution is 6.32. The largest absolute Gasteiger partial charge is 0.489 e. The maximum Gasteiger partial charge on any atom is 0.407 e. The van der Waals surface area contributed by atoms with Crippen molar-refractivity contribution in [3.8, 4) is 5.75 Å². The summed E-state index contributed by atoms with van der Waals surface area (Å²) in [4.78, 5) is 13.1. The second-order valence-corrected chi connectivity index (χ2v) is 7.47. The van der Waals surface area contributed by atoms with Gasteiger partial charge in [0.05, 0.1) is 11.1 Å². The van der Waals surface area contributed by atoms with Crippen LogP contribution in [0.4, 0.5) is 10.5 Å². The van der Waals surface area contributed by atoms with E-state index in [-0.39, 0.29) is 12.1 Å². The number of nitrogens with zero attached hydrogens (tertiary/aromatic N) is 1. The number of carbonyl (C=O) groups is 1. The van der Waals surface area contributed by atoms with Gasteiger partial charge in [0.1, 0.15) is 5.75 Å². The molecule has 0 spiro atoms. The normalized spacial score (nSPS) is 21.7. The molecule has 23 heavy (non-hydrogen) atoms. The highest BCUT2D eigenvalue weighted by Crippen LogP contribution is 2.33. The Morgan fingerprint density at radius 1 is 1.30 bits per heavy atom. The van der Waals surface area contributed by atoms with Crippen LogP contribution >= 0.6 is 11.6 Å². The molecule has 0 radical (unpaired) electrons. The van der Waals surface area contributed by atoms with Gasteiger partial charge in [0, 0.05) is 17.3 Å². The summed E-state index contributed by atoms with van der Waals surface area (Å²) in [5.41, 5.74) is 5.89. The molecule has 3 N–H and O–H groups in total. The Balaban J connectivity index is 1.97. The molecule has 1 amide bonds. The summed E-state index contributed by atoms with van der Waals surface area (Å²) in [7, 11) is 0. The molecule has 0 aliphatic heterocycles. The van der Waals surface area contributed by atoms with E-state index in [4.69, 9.17) is 22.1 Å². The van der Waals surface area contributed by atoms with Gasteiger partial charge in [-0.05, 0) is 64.7 Å². The lowest BCUT2D eigenvalue weighted by Gasteiger charge is -2.42. The van der Waals surface area contributed by atoms with Crippen LogP contribution < -0.4 is 10.5 Å². The van der Waals surface area contributed by atoms with Gasteiger partial charge >= 0.3 is 6.09 Å². The number of halogens is 1. The smallest absolute Gasteiger partial charge is 0.407 e. The number of nitrogen functional groups attached to an aromatic ring is 1. The zero-order valence-electron chi connectivity index (χ0n) is 13.9. The predicted molar refractivity (Wildman–Crippen MR) is 92.2 cm³/mol. The monoisotopic (exact) mass is 340 g/mol. The molecule has 0 unspecified atom stereocenters. The lowest BCUT2D eigenvalue weighted by Crippen LogP contribution is -2.52. The van der Waals surface area contributed by atoms with Crippen LogP contribution in [-0.4, -0.2) is 33.8 Å². The molecule has 1 aromatic carbocycles. The van der Waals surface area contributed by atoms with E-state index < -0.39 is 11.6 Å². The van der Waals surface area contributed by atoms with Crippen LogP contribution in [0.15, 0.2) is 18.2 Å². The van der Waals surface area contributed by atoms with E-state index in [9.17, 15) is 9.90 Å². The van der Waals surface area contributed by atoms with Gasteiger partial charge in [-0.25, -0.2) is 4.79 Å². The molecular weight excluding hydrogens is 316 g/mol. The van der Waals surface area contributed by atoms with E-state index in [1.807, 2.05) is 20.8 Å². The number of hydrogen-bond donors (Lipinski definition) is 2. The summed E-state index contributed by atoms with van der Waals surface area (Å²) in [5.74, 6) is 0.634. The summed E-state index contributed by atoms with van der Waals surface area (Å²) in [6, 6.07) is 5.25. The number of hydrogen-bond acceptors (Lipinski definition) is 3. The second kappa shape index (κ2) is 6.87. The van der Waals surface area contributed by atoms with E-state index in [2.05, 4.69) is 0 Å². The summed E-state index contributed by atoms with van der Waals surface area (Å²) in [6.45, 7) is 5.79. The van der Waals surface area contributed by atoms with E-state index in [1.54, 1.807) is 23.1 Å². The summed E-state index contributed by atoms with van der Waals surface area (Å²) in [6.07, 6.45) is 2.41. The van der Waals surface area contributed by atoms with Crippen molar-refractivity contribution in [1.82, 2.24) is 4.90 Å². The molecule has 1 fully saturated rings. The Morgan fingerprint density at radius 2 is 1.91 bits per heavy atom. The standard InChI is InChI=1S/C17H25ClN2O3/c1-17(2,3)20(16(21)22)12-5-7-13(8-6-12)23-15-9-4-11(19)10-14(15)18/h4,9-10,12-13H,5-8,19H2,1-3H3,(H,21,22). The lowest BCUT2D eigenvalue weighted by atomic mass is 9.89. The van der Waals surface area contributed by atoms with Crippen molar-refractivity contribution in [3.63, 3.8) is 0 Å². The Bertz CT molecular complexity index is 563. The third-order valence-corrected chi connectivity index (χ3v) is 4.48. The first kappa shape index (κ1) is 17.7. The van der Waals surface area contributed by atoms with Crippen molar-refractivity contribution in [2.45, 2.75) is 64.1 Å². The number of ether oxygens (including phenoxy) is 1. The third kappa shape index (κ3) is 4.44. The fourth-order valence-corrected chi connectivity index (χ4v) is 3.44. The molecule has 5 nitrogen and oxygen atoms in total. The third-order valence-electron chi connectivity index (χ3n) is 4.19. The minimum absolute atomic E-state index is 0.0363. The minimum Gasteiger partial charge on any atom is -0.489 e. The van der Waals surface area contributed by atoms with Crippen molar-refractivity contribution < 1.29 is 14.6 Å². The SMILES string of the molecule is CC(C)(C)N(C(=O)O)C1CCC(Oc2ccc(N)cc2Cl)CC1. The zero-order chi connectivity index (χ0) is 17.2. The first-order valence-electron chi connectivity index (χ1n) is 7.92. The minimum atomic E-state index is -0.858. The van der Waals surface area contributed by atoms with Crippen LogP contribution in [0.3, 0.4) is 0 Å².